The maximum Gasteiger partial charge on any atom is 0.414 e. The number of hydrogen-bond acceptors (Lipinski definition) is 6. The van der Waals surface area contributed by atoms with Crippen LogP contribution in [0.1, 0.15) is 59.3 Å². The Morgan fingerprint density at radius 2 is 1.44 bits per heavy atom. The van der Waals surface area contributed by atoms with Gasteiger partial charge in [0.2, 0.25) is 0 Å². The van der Waals surface area contributed by atoms with E-state index in [0.29, 0.717) is 0 Å². The largest absolute Gasteiger partial charge is 0.485 e. The van der Waals surface area contributed by atoms with Crippen molar-refractivity contribution in [2.75, 3.05) is 25.4 Å². The highest BCUT2D eigenvalue weighted by Crippen LogP contribution is 2.44. The third-order valence-electron chi connectivity index (χ3n) is 8.15. The molecule has 0 saturated carbocycles. The summed E-state index contributed by atoms with van der Waals surface area (Å²) in [5.74, 6) is -2.59. The van der Waals surface area contributed by atoms with Gasteiger partial charge >= 0.3 is 11.9 Å². The zero-order valence-electron chi connectivity index (χ0n) is 24.2. The van der Waals surface area contributed by atoms with Crippen LogP contribution in [0, 0.1) is 20.8 Å². The van der Waals surface area contributed by atoms with Crippen molar-refractivity contribution in [3.63, 3.8) is 0 Å². The summed E-state index contributed by atoms with van der Waals surface area (Å²) in [6, 6.07) is 21.2. The number of fused-ring (bicyclic) bond motifs is 1. The minimum Gasteiger partial charge on any atom is -0.485 e. The average Bonchev–Trinajstić information content (AvgIpc) is 3.33. The van der Waals surface area contributed by atoms with E-state index < -0.39 is 11.9 Å². The third-order valence-corrected chi connectivity index (χ3v) is 8.15. The minimum atomic E-state index is -1.82. The van der Waals surface area contributed by atoms with Crippen molar-refractivity contribution in [1.82, 2.24) is 4.90 Å². The van der Waals surface area contributed by atoms with Crippen LogP contribution in [0.4, 0.5) is 5.69 Å². The number of benzene rings is 3. The molecule has 3 aromatic rings. The summed E-state index contributed by atoms with van der Waals surface area (Å²) in [6.07, 6.45) is 3.20. The second kappa shape index (κ2) is 12.7. The van der Waals surface area contributed by atoms with Gasteiger partial charge in [0, 0.05) is 37.3 Å². The van der Waals surface area contributed by atoms with Crippen LogP contribution >= 0.6 is 0 Å². The maximum absolute atomic E-state index is 9.10. The minimum absolute atomic E-state index is 0.0289. The van der Waals surface area contributed by atoms with Crippen molar-refractivity contribution in [2.45, 2.75) is 64.8 Å². The molecule has 218 valence electrons. The molecule has 8 nitrogen and oxygen atoms in total. The van der Waals surface area contributed by atoms with Crippen molar-refractivity contribution < 1.29 is 29.3 Å². The first-order chi connectivity index (χ1) is 19.5. The van der Waals surface area contributed by atoms with Gasteiger partial charge in [0.15, 0.2) is 0 Å². The quantitative estimate of drug-likeness (QED) is 0.274. The smallest absolute Gasteiger partial charge is 0.414 e. The van der Waals surface area contributed by atoms with Gasteiger partial charge in [-0.15, -0.1) is 0 Å². The van der Waals surface area contributed by atoms with E-state index in [1.165, 1.54) is 27.8 Å². The maximum atomic E-state index is 9.10. The molecule has 2 heterocycles. The summed E-state index contributed by atoms with van der Waals surface area (Å²) in [5.41, 5.74) is 14.3. The number of ether oxygens (including phenoxy) is 2. The number of nitrogens with two attached hydrogens (primary N) is 1. The number of carbonyl (C=O) groups is 2. The molecule has 1 fully saturated rings. The van der Waals surface area contributed by atoms with Crippen molar-refractivity contribution in [1.29, 1.82) is 0 Å². The Morgan fingerprint density at radius 3 is 1.93 bits per heavy atom. The SMILES string of the molecule is Cc1c(C)c2c(c(C)c1N)CC(C)(CN1CCC(OC(c3ccccc3)c3ccccc3)CC1)O2.O=C(O)C(=O)O. The Morgan fingerprint density at radius 1 is 0.927 bits per heavy atom. The summed E-state index contributed by atoms with van der Waals surface area (Å²) in [4.78, 5) is 20.7. The van der Waals surface area contributed by atoms with Crippen LogP contribution in [0.2, 0.25) is 0 Å². The number of likely N-dealkylation sites (tertiary alicyclic amines) is 1. The second-order valence-electron chi connectivity index (χ2n) is 11.2. The van der Waals surface area contributed by atoms with E-state index in [2.05, 4.69) is 93.3 Å². The van der Waals surface area contributed by atoms with Crippen molar-refractivity contribution in [3.05, 3.63) is 94.0 Å². The number of hydrogen-bond donors (Lipinski definition) is 3. The van der Waals surface area contributed by atoms with Gasteiger partial charge in [0.05, 0.1) is 6.10 Å². The Bertz CT molecular complexity index is 1280. The molecule has 2 aliphatic heterocycles. The molecule has 2 aliphatic rings. The van der Waals surface area contributed by atoms with E-state index in [0.717, 1.165) is 55.9 Å². The fraction of sp³-hybridized carbons (Fsp3) is 0.394. The predicted molar refractivity (Wildman–Crippen MR) is 158 cm³/mol. The van der Waals surface area contributed by atoms with Crippen LogP contribution in [0.25, 0.3) is 0 Å². The first kappa shape index (κ1) is 30.1. The third kappa shape index (κ3) is 7.07. The van der Waals surface area contributed by atoms with Crippen LogP contribution in [-0.2, 0) is 20.7 Å². The van der Waals surface area contributed by atoms with E-state index in [-0.39, 0.29) is 17.8 Å². The van der Waals surface area contributed by atoms with E-state index in [4.69, 9.17) is 35.0 Å². The molecular weight excluding hydrogens is 520 g/mol. The lowest BCUT2D eigenvalue weighted by atomic mass is 9.91. The van der Waals surface area contributed by atoms with Gasteiger partial charge in [-0.25, -0.2) is 9.59 Å². The van der Waals surface area contributed by atoms with Crippen LogP contribution in [0.3, 0.4) is 0 Å². The number of carboxylic acid groups (broad SMARTS) is 2. The molecule has 1 atom stereocenters. The highest BCUT2D eigenvalue weighted by Gasteiger charge is 2.40. The first-order valence-electron chi connectivity index (χ1n) is 14.0. The lowest BCUT2D eigenvalue weighted by Gasteiger charge is -2.38. The first-order valence-corrected chi connectivity index (χ1v) is 14.0. The van der Waals surface area contributed by atoms with Crippen molar-refractivity contribution >= 4 is 17.6 Å². The standard InChI is InChI=1S/C31H38N2O2.C2H2O4/c1-21-22(2)29-27(23(3)28(21)32)19-31(4,35-29)20-33-17-15-26(16-18-33)34-30(24-11-7-5-8-12-24)25-13-9-6-10-14-25;3-1(4)2(5)6/h5-14,26,30H,15-20,32H2,1-4H3;(H,3,4)(H,5,6). The molecule has 1 saturated heterocycles. The number of piperidine rings is 1. The monoisotopic (exact) mass is 560 g/mol. The number of carboxylic acids is 2. The fourth-order valence-electron chi connectivity index (χ4n) is 5.78. The van der Waals surface area contributed by atoms with E-state index in [1.807, 2.05) is 0 Å². The Kier molecular flexibility index (Phi) is 9.35. The number of rotatable bonds is 6. The Labute approximate surface area is 241 Å². The van der Waals surface area contributed by atoms with Gasteiger partial charge < -0.3 is 25.4 Å². The van der Waals surface area contributed by atoms with Gasteiger partial charge in [-0.3, -0.25) is 4.90 Å². The molecule has 0 amide bonds. The zero-order chi connectivity index (χ0) is 29.7. The Balaban J connectivity index is 0.000000585. The lowest BCUT2D eigenvalue weighted by Crippen LogP contribution is -2.48. The molecule has 0 bridgehead atoms. The van der Waals surface area contributed by atoms with Crippen molar-refractivity contribution in [3.8, 4) is 5.75 Å². The normalized spacial score (nSPS) is 18.8. The zero-order valence-corrected chi connectivity index (χ0v) is 24.2. The predicted octanol–water partition coefficient (Wildman–Crippen LogP) is 5.31. The van der Waals surface area contributed by atoms with Gasteiger partial charge in [-0.1, -0.05) is 60.7 Å². The average molecular weight is 561 g/mol. The molecule has 1 unspecified atom stereocenters. The van der Waals surface area contributed by atoms with Gasteiger partial charge in [0.25, 0.3) is 0 Å². The van der Waals surface area contributed by atoms with E-state index in [9.17, 15) is 0 Å². The van der Waals surface area contributed by atoms with Crippen molar-refractivity contribution in [2.24, 2.45) is 0 Å². The van der Waals surface area contributed by atoms with Gasteiger partial charge in [0.1, 0.15) is 17.5 Å². The van der Waals surface area contributed by atoms with Gasteiger partial charge in [-0.05, 0) is 68.4 Å². The van der Waals surface area contributed by atoms with Crippen LogP contribution in [-0.4, -0.2) is 58.4 Å². The molecule has 5 rings (SSSR count). The topological polar surface area (TPSA) is 122 Å². The summed E-state index contributed by atoms with van der Waals surface area (Å²) >= 11 is 0. The van der Waals surface area contributed by atoms with Crippen LogP contribution in [0.15, 0.2) is 60.7 Å². The number of nitrogens with zero attached hydrogens (tertiary/aromatic N) is 1. The van der Waals surface area contributed by atoms with E-state index >= 15 is 0 Å². The summed E-state index contributed by atoms with van der Waals surface area (Å²) < 4.78 is 13.4. The van der Waals surface area contributed by atoms with Crippen LogP contribution < -0.4 is 10.5 Å². The molecule has 0 spiro atoms. The van der Waals surface area contributed by atoms with Gasteiger partial charge in [-0.2, -0.15) is 0 Å². The molecule has 4 N–H and O–H groups in total. The Hall–Kier alpha value is -3.88. The molecule has 3 aromatic carbocycles. The number of anilines is 1. The summed E-state index contributed by atoms with van der Waals surface area (Å²) in [7, 11) is 0. The highest BCUT2D eigenvalue weighted by molar-refractivity contribution is 6.27. The van der Waals surface area contributed by atoms with E-state index in [1.54, 1.807) is 0 Å². The molecule has 0 aliphatic carbocycles. The number of nitrogen functional groups attached to an aromatic ring is 1. The fourth-order valence-corrected chi connectivity index (χ4v) is 5.78. The summed E-state index contributed by atoms with van der Waals surface area (Å²) in [6.45, 7) is 11.6. The molecule has 8 heteroatoms. The molecule has 0 radical (unpaired) electrons. The highest BCUT2D eigenvalue weighted by atomic mass is 16.5. The second-order valence-corrected chi connectivity index (χ2v) is 11.2. The molecule has 0 aromatic heterocycles. The molecular formula is C33H40N2O6. The number of aliphatic carboxylic acids is 2. The lowest BCUT2D eigenvalue weighted by molar-refractivity contribution is -0.159. The summed E-state index contributed by atoms with van der Waals surface area (Å²) in [5, 5.41) is 14.8. The molecule has 41 heavy (non-hydrogen) atoms. The van der Waals surface area contributed by atoms with Crippen LogP contribution in [0.5, 0.6) is 5.75 Å².